The fraction of sp³-hybridized carbons (Fsp3) is 0.125. The van der Waals surface area contributed by atoms with Crippen LogP contribution in [-0.4, -0.2) is 4.40 Å². The molecule has 0 N–H and O–H groups in total. The van der Waals surface area contributed by atoms with Crippen molar-refractivity contribution < 1.29 is 13.3 Å². The molecule has 0 aliphatic rings. The molecule has 28 heavy (non-hydrogen) atoms. The minimum atomic E-state index is -0.319. The third kappa shape index (κ3) is 1.69. The first-order valence-electron chi connectivity index (χ1n) is 9.33. The summed E-state index contributed by atoms with van der Waals surface area (Å²) in [6.45, 7) is 4.20. The molecule has 0 spiro atoms. The van der Waals surface area contributed by atoms with Crippen molar-refractivity contribution in [1.82, 2.24) is 4.40 Å². The predicted octanol–water partition coefficient (Wildman–Crippen LogP) is 5.71. The Hall–Kier alpha value is -3.27. The van der Waals surface area contributed by atoms with E-state index in [1.165, 1.54) is 12.1 Å². The highest BCUT2D eigenvalue weighted by atomic mass is 19.1. The van der Waals surface area contributed by atoms with Crippen LogP contribution in [0.15, 0.2) is 48.7 Å². The Morgan fingerprint density at radius 2 is 1.71 bits per heavy atom. The van der Waals surface area contributed by atoms with E-state index in [1.54, 1.807) is 12.1 Å². The van der Waals surface area contributed by atoms with E-state index in [0.717, 1.165) is 49.1 Å². The van der Waals surface area contributed by atoms with Gasteiger partial charge in [0.05, 0.1) is 27.3 Å². The number of fused-ring (bicyclic) bond motifs is 5. The molecule has 0 aliphatic heterocycles. The minimum Gasteiger partial charge on any atom is -0.305 e. The number of para-hydroxylation sites is 1. The Morgan fingerprint density at radius 3 is 2.54 bits per heavy atom. The average molecular weight is 371 g/mol. The smallest absolute Gasteiger partial charge is 0.224 e. The summed E-state index contributed by atoms with van der Waals surface area (Å²) in [5.74, 6) is -0.614. The summed E-state index contributed by atoms with van der Waals surface area (Å²) >= 11 is 0. The van der Waals surface area contributed by atoms with Crippen LogP contribution in [0.2, 0.25) is 0 Å². The van der Waals surface area contributed by atoms with Gasteiger partial charge >= 0.3 is 0 Å². The lowest BCUT2D eigenvalue weighted by Gasteiger charge is -2.14. The van der Waals surface area contributed by atoms with E-state index in [9.17, 15) is 4.39 Å². The number of pyridine rings is 2. The van der Waals surface area contributed by atoms with E-state index >= 15 is 4.39 Å². The van der Waals surface area contributed by atoms with Crippen molar-refractivity contribution in [2.45, 2.75) is 13.8 Å². The van der Waals surface area contributed by atoms with Crippen LogP contribution in [0.1, 0.15) is 11.1 Å². The summed E-state index contributed by atoms with van der Waals surface area (Å²) in [5.41, 5.74) is 5.53. The summed E-state index contributed by atoms with van der Waals surface area (Å²) in [7, 11) is 2.01. The lowest BCUT2D eigenvalue weighted by molar-refractivity contribution is -0.643. The third-order valence-corrected chi connectivity index (χ3v) is 6.20. The molecular weight excluding hydrogens is 354 g/mol. The Morgan fingerprint density at radius 1 is 0.893 bits per heavy atom. The molecule has 6 aromatic rings. The molecule has 0 bridgehead atoms. The molecule has 0 fully saturated rings. The van der Waals surface area contributed by atoms with Gasteiger partial charge in [0.2, 0.25) is 5.52 Å². The molecule has 0 radical (unpaired) electrons. The highest BCUT2D eigenvalue weighted by Crippen LogP contribution is 2.42. The van der Waals surface area contributed by atoms with Gasteiger partial charge in [0, 0.05) is 16.8 Å². The largest absolute Gasteiger partial charge is 0.305 e. The Bertz CT molecular complexity index is 1610. The number of benzene rings is 3. The second-order valence-corrected chi connectivity index (χ2v) is 7.73. The van der Waals surface area contributed by atoms with E-state index in [4.69, 9.17) is 0 Å². The zero-order chi connectivity index (χ0) is 19.3. The van der Waals surface area contributed by atoms with Gasteiger partial charge in [-0.05, 0) is 54.6 Å². The number of aromatic nitrogens is 2. The van der Waals surface area contributed by atoms with Crippen LogP contribution in [0, 0.1) is 25.5 Å². The lowest BCUT2D eigenvalue weighted by Crippen LogP contribution is -2.29. The van der Waals surface area contributed by atoms with E-state index in [1.807, 2.05) is 29.8 Å². The maximum atomic E-state index is 15.0. The fourth-order valence-electron chi connectivity index (χ4n) is 4.87. The molecule has 3 aromatic heterocycles. The van der Waals surface area contributed by atoms with Gasteiger partial charge in [0.1, 0.15) is 18.7 Å². The van der Waals surface area contributed by atoms with Gasteiger partial charge in [0.15, 0.2) is 6.20 Å². The second-order valence-electron chi connectivity index (χ2n) is 7.73. The number of nitrogens with zero attached hydrogens (tertiary/aromatic N) is 2. The number of rotatable bonds is 0. The van der Waals surface area contributed by atoms with E-state index < -0.39 is 0 Å². The summed E-state index contributed by atoms with van der Waals surface area (Å²) < 4.78 is 33.6. The summed E-state index contributed by atoms with van der Waals surface area (Å²) in [4.78, 5) is 0. The second kappa shape index (κ2) is 4.96. The first-order chi connectivity index (χ1) is 13.5. The molecule has 4 heteroatoms. The molecule has 3 heterocycles. The van der Waals surface area contributed by atoms with Crippen molar-refractivity contribution in [2.24, 2.45) is 7.05 Å². The van der Waals surface area contributed by atoms with E-state index in [-0.39, 0.29) is 11.6 Å². The molecule has 0 unspecified atom stereocenters. The highest BCUT2D eigenvalue weighted by molar-refractivity contribution is 6.26. The van der Waals surface area contributed by atoms with Crippen LogP contribution in [0.4, 0.5) is 8.78 Å². The van der Waals surface area contributed by atoms with Gasteiger partial charge in [-0.25, -0.2) is 13.3 Å². The number of aryl methyl sites for hydroxylation is 3. The van der Waals surface area contributed by atoms with Crippen molar-refractivity contribution in [2.75, 3.05) is 0 Å². The molecule has 0 aliphatic carbocycles. The molecule has 136 valence electrons. The molecule has 0 saturated heterocycles. The van der Waals surface area contributed by atoms with Gasteiger partial charge < -0.3 is 4.40 Å². The monoisotopic (exact) mass is 371 g/mol. The molecule has 6 rings (SSSR count). The Kier molecular flexibility index (Phi) is 2.79. The van der Waals surface area contributed by atoms with Crippen LogP contribution in [0.3, 0.4) is 0 Å². The standard InChI is InChI=1S/C24H17F2N2/c1-12-9-17-16-5-4-6-18(26)22(16)28-19-11-15(25)10-14-7-8-27(3)24(21(14)19)20(13(12)2)23(17)28/h4-11H,1-3H3/q+1. The van der Waals surface area contributed by atoms with Crippen molar-refractivity contribution in [1.29, 1.82) is 0 Å². The normalized spacial score (nSPS) is 12.5. The maximum Gasteiger partial charge on any atom is 0.224 e. The molecule has 0 atom stereocenters. The topological polar surface area (TPSA) is 8.29 Å². The summed E-state index contributed by atoms with van der Waals surface area (Å²) in [6, 6.07) is 12.3. The number of halogens is 2. The third-order valence-electron chi connectivity index (χ3n) is 6.20. The highest BCUT2D eigenvalue weighted by Gasteiger charge is 2.25. The quantitative estimate of drug-likeness (QED) is 0.184. The van der Waals surface area contributed by atoms with Crippen LogP contribution in [-0.2, 0) is 7.05 Å². The number of hydrogen-bond acceptors (Lipinski definition) is 0. The zero-order valence-electron chi connectivity index (χ0n) is 15.8. The average Bonchev–Trinajstić information content (AvgIpc) is 2.99. The van der Waals surface area contributed by atoms with Crippen LogP contribution >= 0.6 is 0 Å². The minimum absolute atomic E-state index is 0.295. The first-order valence-corrected chi connectivity index (χ1v) is 9.33. The molecular formula is C24H17F2N2+. The van der Waals surface area contributed by atoms with E-state index in [2.05, 4.69) is 24.5 Å². The van der Waals surface area contributed by atoms with Crippen molar-refractivity contribution in [3.8, 4) is 0 Å². The van der Waals surface area contributed by atoms with Crippen molar-refractivity contribution in [3.63, 3.8) is 0 Å². The first kappa shape index (κ1) is 15.8. The Labute approximate surface area is 159 Å². The molecule has 0 saturated carbocycles. The lowest BCUT2D eigenvalue weighted by atomic mass is 9.96. The molecule has 3 aromatic carbocycles. The van der Waals surface area contributed by atoms with Gasteiger partial charge in [-0.2, -0.15) is 0 Å². The molecule has 2 nitrogen and oxygen atoms in total. The molecule has 0 amide bonds. The van der Waals surface area contributed by atoms with Crippen LogP contribution in [0.5, 0.6) is 0 Å². The predicted molar refractivity (Wildman–Crippen MR) is 109 cm³/mol. The van der Waals surface area contributed by atoms with Crippen molar-refractivity contribution in [3.05, 3.63) is 71.4 Å². The van der Waals surface area contributed by atoms with Gasteiger partial charge in [-0.3, -0.25) is 0 Å². The maximum absolute atomic E-state index is 15.0. The van der Waals surface area contributed by atoms with Crippen molar-refractivity contribution >= 4 is 49.0 Å². The van der Waals surface area contributed by atoms with E-state index in [0.29, 0.717) is 11.0 Å². The Balaban J connectivity index is 2.18. The van der Waals surface area contributed by atoms with Gasteiger partial charge in [-0.1, -0.05) is 12.1 Å². The van der Waals surface area contributed by atoms with Crippen LogP contribution < -0.4 is 4.57 Å². The van der Waals surface area contributed by atoms with Gasteiger partial charge in [-0.15, -0.1) is 0 Å². The SMILES string of the molecule is Cc1cc2c3cccc(F)c3n3c4cc(F)cc5cc[n+](C)c(c(c1C)c23)c54. The summed E-state index contributed by atoms with van der Waals surface area (Å²) in [6.07, 6.45) is 1.97. The zero-order valence-corrected chi connectivity index (χ0v) is 15.8. The fourth-order valence-corrected chi connectivity index (χ4v) is 4.87. The number of hydrogen-bond donors (Lipinski definition) is 0. The summed E-state index contributed by atoms with van der Waals surface area (Å²) in [5, 5.41) is 4.72. The van der Waals surface area contributed by atoms with Gasteiger partial charge in [0.25, 0.3) is 0 Å². The van der Waals surface area contributed by atoms with Crippen LogP contribution in [0.25, 0.3) is 49.0 Å².